The van der Waals surface area contributed by atoms with Gasteiger partial charge in [-0.05, 0) is 37.1 Å². The average Bonchev–Trinajstić information content (AvgIpc) is 2.93. The van der Waals surface area contributed by atoms with Gasteiger partial charge in [0.2, 0.25) is 5.91 Å². The number of nitrogens with zero attached hydrogens (tertiary/aromatic N) is 1. The van der Waals surface area contributed by atoms with E-state index >= 15 is 0 Å². The number of hydrogen-bond acceptors (Lipinski definition) is 3. The standard InChI is InChI=1S/C15H16F4N2O3/c16-10-4-3-9(11(6-10)15(17,18)19)7-20-13(22)8-21-5-1-2-12(21)14(23)24/h3-4,6,12H,1-2,5,7-8H2,(H,20,22)(H,23,24)/t12-/m1/s1. The molecule has 0 radical (unpaired) electrons. The molecule has 1 aliphatic heterocycles. The summed E-state index contributed by atoms with van der Waals surface area (Å²) in [7, 11) is 0. The summed E-state index contributed by atoms with van der Waals surface area (Å²) in [5.41, 5.74) is -1.40. The van der Waals surface area contributed by atoms with E-state index in [1.54, 1.807) is 0 Å². The minimum Gasteiger partial charge on any atom is -0.480 e. The number of nitrogens with one attached hydrogen (secondary N) is 1. The number of aliphatic carboxylic acids is 1. The van der Waals surface area contributed by atoms with Crippen LogP contribution < -0.4 is 5.32 Å². The SMILES string of the molecule is O=C(CN1CCC[C@@H]1C(=O)O)NCc1ccc(F)cc1C(F)(F)F. The maximum atomic E-state index is 13.0. The van der Waals surface area contributed by atoms with Crippen LogP contribution >= 0.6 is 0 Å². The minimum atomic E-state index is -4.73. The molecule has 0 unspecified atom stereocenters. The fourth-order valence-corrected chi connectivity index (χ4v) is 2.70. The summed E-state index contributed by atoms with van der Waals surface area (Å²) in [4.78, 5) is 24.4. The van der Waals surface area contributed by atoms with Gasteiger partial charge in [-0.3, -0.25) is 14.5 Å². The Hall–Kier alpha value is -2.16. The van der Waals surface area contributed by atoms with Crippen molar-refractivity contribution in [1.29, 1.82) is 0 Å². The zero-order valence-corrected chi connectivity index (χ0v) is 12.6. The molecule has 1 atom stereocenters. The highest BCUT2D eigenvalue weighted by Gasteiger charge is 2.34. The van der Waals surface area contributed by atoms with Crippen LogP contribution in [0.5, 0.6) is 0 Å². The van der Waals surface area contributed by atoms with E-state index in [1.165, 1.54) is 4.90 Å². The van der Waals surface area contributed by atoms with Crippen molar-refractivity contribution in [3.05, 3.63) is 35.1 Å². The quantitative estimate of drug-likeness (QED) is 0.799. The van der Waals surface area contributed by atoms with E-state index in [1.807, 2.05) is 0 Å². The summed E-state index contributed by atoms with van der Waals surface area (Å²) < 4.78 is 51.6. The van der Waals surface area contributed by atoms with E-state index < -0.39 is 42.0 Å². The molecule has 1 aliphatic rings. The predicted octanol–water partition coefficient (Wildman–Crippen LogP) is 2.01. The second-order valence-corrected chi connectivity index (χ2v) is 5.54. The van der Waals surface area contributed by atoms with Crippen molar-refractivity contribution in [1.82, 2.24) is 10.2 Å². The Labute approximate surface area is 135 Å². The zero-order valence-electron chi connectivity index (χ0n) is 12.6. The third-order valence-electron chi connectivity index (χ3n) is 3.85. The first-order valence-electron chi connectivity index (χ1n) is 7.27. The molecule has 24 heavy (non-hydrogen) atoms. The van der Waals surface area contributed by atoms with Gasteiger partial charge in [0.15, 0.2) is 0 Å². The monoisotopic (exact) mass is 348 g/mol. The highest BCUT2D eigenvalue weighted by atomic mass is 19.4. The van der Waals surface area contributed by atoms with Gasteiger partial charge < -0.3 is 10.4 Å². The highest BCUT2D eigenvalue weighted by molar-refractivity contribution is 5.80. The summed E-state index contributed by atoms with van der Waals surface area (Å²) >= 11 is 0. The van der Waals surface area contributed by atoms with Gasteiger partial charge in [-0.1, -0.05) is 6.07 Å². The normalized spacial score (nSPS) is 18.6. The Bertz CT molecular complexity index is 634. The number of carbonyl (C=O) groups excluding carboxylic acids is 1. The van der Waals surface area contributed by atoms with Crippen molar-refractivity contribution in [2.45, 2.75) is 31.6 Å². The number of rotatable bonds is 5. The van der Waals surface area contributed by atoms with E-state index in [0.29, 0.717) is 25.5 Å². The zero-order chi connectivity index (χ0) is 17.9. The first-order chi connectivity index (χ1) is 11.2. The Balaban J connectivity index is 1.98. The Morgan fingerprint density at radius 2 is 2.04 bits per heavy atom. The third-order valence-corrected chi connectivity index (χ3v) is 3.85. The number of likely N-dealkylation sites (tertiary alicyclic amines) is 1. The molecule has 1 fully saturated rings. The van der Waals surface area contributed by atoms with E-state index in [4.69, 9.17) is 5.11 Å². The van der Waals surface area contributed by atoms with Gasteiger partial charge in [0.25, 0.3) is 0 Å². The number of carboxylic acid groups (broad SMARTS) is 1. The maximum Gasteiger partial charge on any atom is 0.416 e. The van der Waals surface area contributed by atoms with Gasteiger partial charge in [0.1, 0.15) is 11.9 Å². The predicted molar refractivity (Wildman–Crippen MR) is 75.5 cm³/mol. The first-order valence-corrected chi connectivity index (χ1v) is 7.27. The topological polar surface area (TPSA) is 69.6 Å². The molecule has 1 aromatic rings. The van der Waals surface area contributed by atoms with Crippen LogP contribution in [0.25, 0.3) is 0 Å². The van der Waals surface area contributed by atoms with Crippen LogP contribution in [-0.4, -0.2) is 41.0 Å². The number of alkyl halides is 3. The molecule has 1 amide bonds. The van der Waals surface area contributed by atoms with Gasteiger partial charge in [0.05, 0.1) is 12.1 Å². The third kappa shape index (κ3) is 4.44. The van der Waals surface area contributed by atoms with Crippen LogP contribution in [0.3, 0.4) is 0 Å². The van der Waals surface area contributed by atoms with Crippen molar-refractivity contribution in [2.24, 2.45) is 0 Å². The number of halogens is 4. The fourth-order valence-electron chi connectivity index (χ4n) is 2.70. The Morgan fingerprint density at radius 3 is 2.67 bits per heavy atom. The van der Waals surface area contributed by atoms with Crippen LogP contribution in [0.4, 0.5) is 17.6 Å². The number of benzene rings is 1. The molecule has 1 aromatic carbocycles. The minimum absolute atomic E-state index is 0.209. The van der Waals surface area contributed by atoms with Crippen LogP contribution in [0.15, 0.2) is 18.2 Å². The van der Waals surface area contributed by atoms with Gasteiger partial charge >= 0.3 is 12.1 Å². The van der Waals surface area contributed by atoms with Gasteiger partial charge in [-0.15, -0.1) is 0 Å². The summed E-state index contributed by atoms with van der Waals surface area (Å²) in [6, 6.07) is 1.47. The fraction of sp³-hybridized carbons (Fsp3) is 0.467. The Kier molecular flexibility index (Phi) is 5.43. The van der Waals surface area contributed by atoms with Crippen molar-refractivity contribution in [3.63, 3.8) is 0 Å². The van der Waals surface area contributed by atoms with Crippen molar-refractivity contribution in [3.8, 4) is 0 Å². The summed E-state index contributed by atoms with van der Waals surface area (Å²) in [6.45, 7) is -0.187. The van der Waals surface area contributed by atoms with E-state index in [9.17, 15) is 27.2 Å². The number of hydrogen-bond donors (Lipinski definition) is 2. The molecule has 0 bridgehead atoms. The van der Waals surface area contributed by atoms with Crippen molar-refractivity contribution in [2.75, 3.05) is 13.1 Å². The molecule has 0 aromatic heterocycles. The lowest BCUT2D eigenvalue weighted by molar-refractivity contribution is -0.143. The lowest BCUT2D eigenvalue weighted by atomic mass is 10.1. The molecular formula is C15H16F4N2O3. The molecule has 5 nitrogen and oxygen atoms in total. The van der Waals surface area contributed by atoms with Gasteiger partial charge in [-0.2, -0.15) is 13.2 Å². The molecule has 0 saturated carbocycles. The first kappa shape index (κ1) is 18.2. The molecule has 9 heteroatoms. The van der Waals surface area contributed by atoms with Gasteiger partial charge in [0, 0.05) is 6.54 Å². The number of amides is 1. The van der Waals surface area contributed by atoms with Crippen LogP contribution in [0, 0.1) is 5.82 Å². The molecule has 132 valence electrons. The molecule has 1 saturated heterocycles. The number of carbonyl (C=O) groups is 2. The number of carboxylic acids is 1. The lowest BCUT2D eigenvalue weighted by Gasteiger charge is -2.20. The van der Waals surface area contributed by atoms with Crippen LogP contribution in [0.1, 0.15) is 24.0 Å². The lowest BCUT2D eigenvalue weighted by Crippen LogP contribution is -2.42. The summed E-state index contributed by atoms with van der Waals surface area (Å²) in [5, 5.41) is 11.3. The van der Waals surface area contributed by atoms with E-state index in [0.717, 1.165) is 12.1 Å². The smallest absolute Gasteiger partial charge is 0.416 e. The molecule has 2 rings (SSSR count). The van der Waals surface area contributed by atoms with E-state index in [-0.39, 0.29) is 12.1 Å². The molecule has 0 spiro atoms. The summed E-state index contributed by atoms with van der Waals surface area (Å²) in [5.74, 6) is -2.63. The van der Waals surface area contributed by atoms with Gasteiger partial charge in [-0.25, -0.2) is 4.39 Å². The average molecular weight is 348 g/mol. The second kappa shape index (κ2) is 7.16. The largest absolute Gasteiger partial charge is 0.480 e. The molecular weight excluding hydrogens is 332 g/mol. The Morgan fingerprint density at radius 1 is 1.33 bits per heavy atom. The second-order valence-electron chi connectivity index (χ2n) is 5.54. The molecule has 0 aliphatic carbocycles. The van der Waals surface area contributed by atoms with Crippen molar-refractivity contribution < 1.29 is 32.3 Å². The van der Waals surface area contributed by atoms with Crippen LogP contribution in [0.2, 0.25) is 0 Å². The van der Waals surface area contributed by atoms with E-state index in [2.05, 4.69) is 5.32 Å². The maximum absolute atomic E-state index is 13.0. The van der Waals surface area contributed by atoms with Crippen LogP contribution in [-0.2, 0) is 22.3 Å². The molecule has 2 N–H and O–H groups in total. The van der Waals surface area contributed by atoms with Crippen molar-refractivity contribution >= 4 is 11.9 Å². The summed E-state index contributed by atoms with van der Waals surface area (Å²) in [6.07, 6.45) is -3.66. The molecule has 1 heterocycles. The highest BCUT2D eigenvalue weighted by Crippen LogP contribution is 2.32.